The number of carbonyl (C=O) groups excluding carboxylic acids is 2. The molecule has 0 aromatic heterocycles. The number of esters is 2. The molecular weight excluding hydrogens is 432 g/mol. The van der Waals surface area contributed by atoms with Crippen LogP contribution in [-0.4, -0.2) is 53.9 Å². The fourth-order valence-corrected chi connectivity index (χ4v) is 4.71. The molecule has 1 aromatic carbocycles. The number of allylic oxidation sites excluding steroid dienone is 2. The van der Waals surface area contributed by atoms with Crippen molar-refractivity contribution < 1.29 is 27.5 Å². The molecule has 0 spiro atoms. The number of hydrogen-bond acceptors (Lipinski definition) is 8. The lowest BCUT2D eigenvalue weighted by Gasteiger charge is -2.34. The summed E-state index contributed by atoms with van der Waals surface area (Å²) in [7, 11) is -1.02. The summed E-state index contributed by atoms with van der Waals surface area (Å²) in [5.74, 6) is -0.831. The number of rotatable bonds is 5. The van der Waals surface area contributed by atoms with Gasteiger partial charge in [0.15, 0.2) is 9.84 Å². The van der Waals surface area contributed by atoms with E-state index >= 15 is 0 Å². The number of anilines is 2. The van der Waals surface area contributed by atoms with Gasteiger partial charge in [0, 0.05) is 31.2 Å². The molecule has 0 amide bonds. The Morgan fingerprint density at radius 3 is 2.28 bits per heavy atom. The molecule has 0 unspecified atom stereocenters. The van der Waals surface area contributed by atoms with Gasteiger partial charge < -0.3 is 19.3 Å². The number of methoxy groups -OCH3 is 2. The number of sulfone groups is 1. The molecule has 0 saturated carbocycles. The summed E-state index contributed by atoms with van der Waals surface area (Å²) in [4.78, 5) is 28.9. The van der Waals surface area contributed by atoms with Gasteiger partial charge in [-0.3, -0.25) is 0 Å². The van der Waals surface area contributed by atoms with Crippen molar-refractivity contribution in [3.8, 4) is 0 Å². The summed E-state index contributed by atoms with van der Waals surface area (Å²) in [6, 6.07) is 4.89. The van der Waals surface area contributed by atoms with Crippen molar-refractivity contribution in [1.82, 2.24) is 0 Å². The molecule has 2 aliphatic heterocycles. The average Bonchev–Trinajstić information content (AvgIpc) is 3.00. The summed E-state index contributed by atoms with van der Waals surface area (Å²) < 4.78 is 34.8. The van der Waals surface area contributed by atoms with Gasteiger partial charge >= 0.3 is 11.9 Å². The summed E-state index contributed by atoms with van der Waals surface area (Å²) >= 11 is 0. The molecule has 0 radical (unpaired) electrons. The van der Waals surface area contributed by atoms with Gasteiger partial charge in [0.25, 0.3) is 0 Å². The number of benzene rings is 1. The molecule has 1 fully saturated rings. The third-order valence-corrected chi connectivity index (χ3v) is 6.78. The molecule has 2 aliphatic rings. The minimum absolute atomic E-state index is 0.0188. The number of piperidine rings is 1. The van der Waals surface area contributed by atoms with E-state index in [1.54, 1.807) is 30.5 Å². The van der Waals surface area contributed by atoms with Crippen LogP contribution in [0.4, 0.5) is 11.4 Å². The van der Waals surface area contributed by atoms with E-state index in [1.165, 1.54) is 37.5 Å². The van der Waals surface area contributed by atoms with Crippen molar-refractivity contribution in [3.63, 3.8) is 0 Å². The maximum absolute atomic E-state index is 12.7. The predicted octanol–water partition coefficient (Wildman–Crippen LogP) is 2.82. The van der Waals surface area contributed by atoms with Crippen LogP contribution in [0, 0.1) is 5.92 Å². The van der Waals surface area contributed by atoms with Crippen LogP contribution in [0.3, 0.4) is 0 Å². The summed E-state index contributed by atoms with van der Waals surface area (Å²) in [6.45, 7) is 3.65. The topological polar surface area (TPSA) is 93.2 Å². The van der Waals surface area contributed by atoms with Gasteiger partial charge in [0.2, 0.25) is 0 Å². The van der Waals surface area contributed by atoms with E-state index in [1.807, 2.05) is 0 Å². The van der Waals surface area contributed by atoms with E-state index in [0.717, 1.165) is 25.9 Å². The molecule has 1 aromatic rings. The zero-order chi connectivity index (χ0) is 23.5. The van der Waals surface area contributed by atoms with Crippen LogP contribution in [0.15, 0.2) is 58.8 Å². The van der Waals surface area contributed by atoms with Gasteiger partial charge in [-0.25, -0.2) is 18.0 Å². The molecule has 0 N–H and O–H groups in total. The Bertz CT molecular complexity index is 1100. The summed E-state index contributed by atoms with van der Waals surface area (Å²) in [6.07, 6.45) is 9.49. The Kier molecular flexibility index (Phi) is 7.08. The summed E-state index contributed by atoms with van der Waals surface area (Å²) in [5, 5.41) is 0. The second-order valence-electron chi connectivity index (χ2n) is 7.91. The predicted molar refractivity (Wildman–Crippen MR) is 122 cm³/mol. The van der Waals surface area contributed by atoms with E-state index in [9.17, 15) is 18.0 Å². The number of hydrogen-bond donors (Lipinski definition) is 0. The van der Waals surface area contributed by atoms with Crippen LogP contribution in [-0.2, 0) is 28.9 Å². The first kappa shape index (κ1) is 23.6. The van der Waals surface area contributed by atoms with Crippen molar-refractivity contribution in [2.24, 2.45) is 5.92 Å². The Hall–Kier alpha value is -3.07. The Morgan fingerprint density at radius 2 is 1.69 bits per heavy atom. The van der Waals surface area contributed by atoms with Crippen LogP contribution in [0.5, 0.6) is 0 Å². The van der Waals surface area contributed by atoms with Crippen LogP contribution < -0.4 is 9.80 Å². The van der Waals surface area contributed by atoms with Gasteiger partial charge in [-0.1, -0.05) is 13.0 Å². The first-order valence-electron chi connectivity index (χ1n) is 10.3. The highest BCUT2D eigenvalue weighted by atomic mass is 32.2. The highest BCUT2D eigenvalue weighted by molar-refractivity contribution is 7.90. The molecular formula is C23H28N2O6S. The zero-order valence-electron chi connectivity index (χ0n) is 18.7. The Balaban J connectivity index is 2.18. The van der Waals surface area contributed by atoms with Gasteiger partial charge in [0.1, 0.15) is 5.70 Å². The molecule has 2 heterocycles. The highest BCUT2D eigenvalue weighted by Crippen LogP contribution is 2.35. The second-order valence-corrected chi connectivity index (χ2v) is 9.89. The van der Waals surface area contributed by atoms with Gasteiger partial charge in [-0.2, -0.15) is 0 Å². The minimum Gasteiger partial charge on any atom is -0.465 e. The smallest absolute Gasteiger partial charge is 0.355 e. The third kappa shape index (κ3) is 4.88. The Labute approximate surface area is 188 Å². The molecule has 0 atom stereocenters. The highest BCUT2D eigenvalue weighted by Gasteiger charge is 2.29. The average molecular weight is 461 g/mol. The lowest BCUT2D eigenvalue weighted by Crippen LogP contribution is -2.34. The normalized spacial score (nSPS) is 17.4. The quantitative estimate of drug-likeness (QED) is 0.620. The van der Waals surface area contributed by atoms with Crippen LogP contribution in [0.2, 0.25) is 0 Å². The first-order valence-corrected chi connectivity index (χ1v) is 12.2. The van der Waals surface area contributed by atoms with Gasteiger partial charge in [-0.15, -0.1) is 0 Å². The lowest BCUT2D eigenvalue weighted by molar-refractivity contribution is -0.139. The number of nitrogens with zero attached hydrogens (tertiary/aromatic N) is 2. The van der Waals surface area contributed by atoms with E-state index in [-0.39, 0.29) is 16.2 Å². The fourth-order valence-electron chi connectivity index (χ4n) is 3.83. The third-order valence-electron chi connectivity index (χ3n) is 5.63. The fraction of sp³-hybridized carbons (Fsp3) is 0.391. The zero-order valence-corrected chi connectivity index (χ0v) is 19.5. The monoisotopic (exact) mass is 460 g/mol. The van der Waals surface area contributed by atoms with Crippen molar-refractivity contribution >= 4 is 33.2 Å². The van der Waals surface area contributed by atoms with Crippen LogP contribution in [0.1, 0.15) is 19.8 Å². The van der Waals surface area contributed by atoms with E-state index in [0.29, 0.717) is 17.3 Å². The largest absolute Gasteiger partial charge is 0.465 e. The molecule has 0 aliphatic carbocycles. The van der Waals surface area contributed by atoms with E-state index in [4.69, 9.17) is 9.47 Å². The number of carbonyl (C=O) groups is 2. The maximum atomic E-state index is 12.7. The van der Waals surface area contributed by atoms with Crippen LogP contribution >= 0.6 is 0 Å². The molecule has 8 nitrogen and oxygen atoms in total. The van der Waals surface area contributed by atoms with Crippen molar-refractivity contribution in [1.29, 1.82) is 0 Å². The molecule has 3 rings (SSSR count). The van der Waals surface area contributed by atoms with Gasteiger partial charge in [0.05, 0.1) is 30.4 Å². The van der Waals surface area contributed by atoms with E-state index in [2.05, 4.69) is 11.8 Å². The van der Waals surface area contributed by atoms with Crippen molar-refractivity contribution in [2.45, 2.75) is 24.7 Å². The second kappa shape index (κ2) is 9.60. The Morgan fingerprint density at radius 1 is 1.03 bits per heavy atom. The van der Waals surface area contributed by atoms with E-state index < -0.39 is 21.8 Å². The molecule has 172 valence electrons. The maximum Gasteiger partial charge on any atom is 0.355 e. The van der Waals surface area contributed by atoms with Crippen molar-refractivity contribution in [2.75, 3.05) is 43.4 Å². The van der Waals surface area contributed by atoms with Gasteiger partial charge in [-0.05, 0) is 49.1 Å². The molecule has 1 saturated heterocycles. The SMILES string of the molecule is COC(=O)C1=C(C(=O)OC)N(c2ccc(S(C)(=O)=O)c(N3CCC(C)CC3)c2)C=CC=C1. The summed E-state index contributed by atoms with van der Waals surface area (Å²) in [5.41, 5.74) is 1.11. The molecule has 32 heavy (non-hydrogen) atoms. The van der Waals surface area contributed by atoms with Crippen LogP contribution in [0.25, 0.3) is 0 Å². The van der Waals surface area contributed by atoms with Crippen molar-refractivity contribution in [3.05, 3.63) is 53.9 Å². The minimum atomic E-state index is -3.48. The molecule has 0 bridgehead atoms. The number of ether oxygens (including phenoxy) is 2. The standard InChI is InChI=1S/C23H28N2O6S/c1-16-10-13-24(14-11-16)19-15-17(8-9-20(19)32(4,28)29)25-12-6-5-7-18(22(26)30-2)21(25)23(27)31-3/h5-9,12,15-16H,10-11,13-14H2,1-4H3. The lowest BCUT2D eigenvalue weighted by atomic mass is 9.98. The molecule has 9 heteroatoms. The first-order chi connectivity index (χ1) is 15.2.